The van der Waals surface area contributed by atoms with Crippen LogP contribution in [0.1, 0.15) is 12.8 Å². The molecule has 0 radical (unpaired) electrons. The summed E-state index contributed by atoms with van der Waals surface area (Å²) >= 11 is 12.1. The number of rotatable bonds is 8. The van der Waals surface area contributed by atoms with Crippen LogP contribution in [-0.2, 0) is 4.79 Å². The van der Waals surface area contributed by atoms with Crippen LogP contribution in [0.15, 0.2) is 36.4 Å². The molecule has 0 aliphatic carbocycles. The number of carbonyl (C=O) groups excluding carboxylic acids is 1. The lowest BCUT2D eigenvalue weighted by Crippen LogP contribution is -2.31. The standard InChI is InChI=1S/C21H24Cl2N2O4/c1-25(8-2-9-27-16-6-4-15(22)5-7-16)14-21(26)24-18-13-20-19(12-17(18)23)28-10-3-11-29-20/h4-7,12-13H,2-3,8-11,14H2,1H3,(H,24,26). The highest BCUT2D eigenvalue weighted by Crippen LogP contribution is 2.37. The van der Waals surface area contributed by atoms with Crippen molar-refractivity contribution in [1.82, 2.24) is 4.90 Å². The molecule has 156 valence electrons. The van der Waals surface area contributed by atoms with Gasteiger partial charge in [0.25, 0.3) is 0 Å². The maximum absolute atomic E-state index is 12.4. The fourth-order valence-electron chi connectivity index (χ4n) is 2.85. The van der Waals surface area contributed by atoms with Crippen LogP contribution in [0.3, 0.4) is 0 Å². The third-order valence-electron chi connectivity index (χ3n) is 4.29. The van der Waals surface area contributed by atoms with Crippen LogP contribution < -0.4 is 19.5 Å². The summed E-state index contributed by atoms with van der Waals surface area (Å²) in [6, 6.07) is 10.6. The first-order valence-electron chi connectivity index (χ1n) is 9.47. The largest absolute Gasteiger partial charge is 0.494 e. The molecule has 1 heterocycles. The molecule has 1 N–H and O–H groups in total. The lowest BCUT2D eigenvalue weighted by Gasteiger charge is -2.17. The first-order chi connectivity index (χ1) is 14.0. The van der Waals surface area contributed by atoms with Crippen molar-refractivity contribution in [2.45, 2.75) is 12.8 Å². The van der Waals surface area contributed by atoms with Crippen molar-refractivity contribution in [2.24, 2.45) is 0 Å². The SMILES string of the molecule is CN(CCCOc1ccc(Cl)cc1)CC(=O)Nc1cc2c(cc1Cl)OCCCO2. The Kier molecular flexibility index (Phi) is 7.86. The second-order valence-corrected chi connectivity index (χ2v) is 7.61. The summed E-state index contributed by atoms with van der Waals surface area (Å²) in [6.45, 7) is 2.67. The van der Waals surface area contributed by atoms with Gasteiger partial charge < -0.3 is 19.5 Å². The summed E-state index contributed by atoms with van der Waals surface area (Å²) in [5.41, 5.74) is 0.514. The molecule has 6 nitrogen and oxygen atoms in total. The minimum Gasteiger partial charge on any atom is -0.494 e. The van der Waals surface area contributed by atoms with Crippen molar-refractivity contribution in [3.05, 3.63) is 46.4 Å². The molecule has 0 bridgehead atoms. The maximum atomic E-state index is 12.4. The predicted octanol–water partition coefficient (Wildman–Crippen LogP) is 4.49. The van der Waals surface area contributed by atoms with E-state index in [2.05, 4.69) is 5.32 Å². The third-order valence-corrected chi connectivity index (χ3v) is 4.86. The number of anilines is 1. The molecule has 2 aromatic carbocycles. The molecule has 0 unspecified atom stereocenters. The van der Waals surface area contributed by atoms with Crippen molar-refractivity contribution in [3.8, 4) is 17.2 Å². The van der Waals surface area contributed by atoms with Gasteiger partial charge in [-0.25, -0.2) is 0 Å². The smallest absolute Gasteiger partial charge is 0.238 e. The summed E-state index contributed by atoms with van der Waals surface area (Å²) in [4.78, 5) is 14.3. The van der Waals surface area contributed by atoms with Crippen molar-refractivity contribution < 1.29 is 19.0 Å². The number of amides is 1. The van der Waals surface area contributed by atoms with Crippen molar-refractivity contribution in [2.75, 3.05) is 45.3 Å². The first-order valence-corrected chi connectivity index (χ1v) is 10.2. The number of carbonyl (C=O) groups is 1. The van der Waals surface area contributed by atoms with Gasteiger partial charge >= 0.3 is 0 Å². The summed E-state index contributed by atoms with van der Waals surface area (Å²) in [6.07, 6.45) is 1.59. The molecule has 3 rings (SSSR count). The molecule has 1 aliphatic rings. The second-order valence-electron chi connectivity index (χ2n) is 6.77. The molecule has 0 spiro atoms. The van der Waals surface area contributed by atoms with Crippen LogP contribution in [0.2, 0.25) is 10.0 Å². The van der Waals surface area contributed by atoms with Crippen molar-refractivity contribution in [1.29, 1.82) is 0 Å². The second kappa shape index (κ2) is 10.6. The Hall–Kier alpha value is -2.15. The Morgan fingerprint density at radius 3 is 2.55 bits per heavy atom. The molecular formula is C21H24Cl2N2O4. The zero-order chi connectivity index (χ0) is 20.6. The number of ether oxygens (including phenoxy) is 3. The minimum atomic E-state index is -0.150. The van der Waals surface area contributed by atoms with Gasteiger partial charge in [0.15, 0.2) is 11.5 Å². The monoisotopic (exact) mass is 438 g/mol. The van der Waals surface area contributed by atoms with Gasteiger partial charge in [-0.2, -0.15) is 0 Å². The molecular weight excluding hydrogens is 415 g/mol. The molecule has 1 amide bonds. The molecule has 0 fully saturated rings. The van der Waals surface area contributed by atoms with E-state index in [4.69, 9.17) is 37.4 Å². The summed E-state index contributed by atoms with van der Waals surface area (Å²) in [5.74, 6) is 1.82. The van der Waals surface area contributed by atoms with Crippen LogP contribution in [0, 0.1) is 0 Å². The van der Waals surface area contributed by atoms with E-state index in [1.54, 1.807) is 24.3 Å². The van der Waals surface area contributed by atoms with Crippen LogP contribution in [0.4, 0.5) is 5.69 Å². The molecule has 0 saturated heterocycles. The predicted molar refractivity (Wildman–Crippen MR) is 115 cm³/mol. The Balaban J connectivity index is 1.43. The zero-order valence-electron chi connectivity index (χ0n) is 16.2. The minimum absolute atomic E-state index is 0.150. The topological polar surface area (TPSA) is 60.0 Å². The highest BCUT2D eigenvalue weighted by atomic mass is 35.5. The quantitative estimate of drug-likeness (QED) is 0.614. The molecule has 0 saturated carbocycles. The summed E-state index contributed by atoms with van der Waals surface area (Å²) in [7, 11) is 1.89. The third kappa shape index (κ3) is 6.70. The number of benzene rings is 2. The van der Waals surface area contributed by atoms with Crippen molar-refractivity contribution >= 4 is 34.8 Å². The highest BCUT2D eigenvalue weighted by molar-refractivity contribution is 6.34. The van der Waals surface area contributed by atoms with Crippen LogP contribution in [0.25, 0.3) is 0 Å². The normalized spacial score (nSPS) is 13.1. The van der Waals surface area contributed by atoms with Crippen molar-refractivity contribution in [3.63, 3.8) is 0 Å². The van der Waals surface area contributed by atoms with Gasteiger partial charge in [-0.3, -0.25) is 9.69 Å². The van der Waals surface area contributed by atoms with Gasteiger partial charge in [0, 0.05) is 30.1 Å². The molecule has 8 heteroatoms. The average Bonchev–Trinajstić information content (AvgIpc) is 2.91. The van der Waals surface area contributed by atoms with E-state index >= 15 is 0 Å². The van der Waals surface area contributed by atoms with Crippen LogP contribution in [0.5, 0.6) is 17.2 Å². The van der Waals surface area contributed by atoms with E-state index < -0.39 is 0 Å². The van der Waals surface area contributed by atoms with E-state index in [9.17, 15) is 4.79 Å². The van der Waals surface area contributed by atoms with Gasteiger partial charge in [-0.15, -0.1) is 0 Å². The fraction of sp³-hybridized carbons (Fsp3) is 0.381. The zero-order valence-corrected chi connectivity index (χ0v) is 17.8. The number of nitrogens with zero attached hydrogens (tertiary/aromatic N) is 1. The lowest BCUT2D eigenvalue weighted by molar-refractivity contribution is -0.117. The molecule has 2 aromatic rings. The van der Waals surface area contributed by atoms with Gasteiger partial charge in [0.2, 0.25) is 5.91 Å². The van der Waals surface area contributed by atoms with Gasteiger partial charge in [-0.05, 0) is 37.7 Å². The molecule has 1 aliphatic heterocycles. The molecule has 0 atom stereocenters. The van der Waals surface area contributed by atoms with E-state index in [0.29, 0.717) is 47.1 Å². The van der Waals surface area contributed by atoms with E-state index in [1.807, 2.05) is 24.1 Å². The number of nitrogens with one attached hydrogen (secondary N) is 1. The number of hydrogen-bond acceptors (Lipinski definition) is 5. The van der Waals surface area contributed by atoms with E-state index in [-0.39, 0.29) is 12.5 Å². The summed E-state index contributed by atoms with van der Waals surface area (Å²) < 4.78 is 16.9. The highest BCUT2D eigenvalue weighted by Gasteiger charge is 2.16. The van der Waals surface area contributed by atoms with Gasteiger partial charge in [0.05, 0.1) is 37.1 Å². The lowest BCUT2D eigenvalue weighted by atomic mass is 10.2. The summed E-state index contributed by atoms with van der Waals surface area (Å²) in [5, 5.41) is 3.94. The number of halogens is 2. The van der Waals surface area contributed by atoms with E-state index in [1.165, 1.54) is 0 Å². The Morgan fingerprint density at radius 2 is 1.83 bits per heavy atom. The number of fused-ring (bicyclic) bond motifs is 1. The van der Waals surface area contributed by atoms with Crippen LogP contribution in [-0.4, -0.2) is 50.8 Å². The Morgan fingerprint density at radius 1 is 1.14 bits per heavy atom. The van der Waals surface area contributed by atoms with Crippen LogP contribution >= 0.6 is 23.2 Å². The number of hydrogen-bond donors (Lipinski definition) is 1. The van der Waals surface area contributed by atoms with Gasteiger partial charge in [-0.1, -0.05) is 23.2 Å². The molecule has 29 heavy (non-hydrogen) atoms. The Labute approximate surface area is 180 Å². The molecule has 0 aromatic heterocycles. The van der Waals surface area contributed by atoms with Gasteiger partial charge in [0.1, 0.15) is 5.75 Å². The fourth-order valence-corrected chi connectivity index (χ4v) is 3.18. The maximum Gasteiger partial charge on any atom is 0.238 e. The average molecular weight is 439 g/mol. The Bertz CT molecular complexity index is 830. The number of likely N-dealkylation sites (N-methyl/N-ethyl adjacent to an activating group) is 1. The van der Waals surface area contributed by atoms with E-state index in [0.717, 1.165) is 25.1 Å². The first kappa shape index (κ1) is 21.6.